The Labute approximate surface area is 227 Å². The molecule has 4 rings (SSSR count). The quantitative estimate of drug-likeness (QED) is 0.202. The summed E-state index contributed by atoms with van der Waals surface area (Å²) >= 11 is 6.19. The summed E-state index contributed by atoms with van der Waals surface area (Å²) in [5, 5.41) is 14.2. The van der Waals surface area contributed by atoms with E-state index in [1.54, 1.807) is 0 Å². The molecule has 1 saturated heterocycles. The number of hydrogen-bond acceptors (Lipinski definition) is 3. The second kappa shape index (κ2) is 13.4. The van der Waals surface area contributed by atoms with Gasteiger partial charge in [-0.15, -0.1) is 11.6 Å². The molecule has 1 heterocycles. The summed E-state index contributed by atoms with van der Waals surface area (Å²) in [6.45, 7) is 3.50. The Hall–Kier alpha value is -2.40. The van der Waals surface area contributed by atoms with Crippen molar-refractivity contribution in [2.75, 3.05) is 26.2 Å². The number of nitrogens with one attached hydrogen (secondary N) is 1. The third-order valence-corrected chi connectivity index (χ3v) is 8.54. The van der Waals surface area contributed by atoms with Crippen molar-refractivity contribution in [3.63, 3.8) is 0 Å². The van der Waals surface area contributed by atoms with Gasteiger partial charge in [0.25, 0.3) is 0 Å². The minimum Gasteiger partial charge on any atom is -0.385 e. The molecule has 4 nitrogen and oxygen atoms in total. The van der Waals surface area contributed by atoms with E-state index in [1.807, 2.05) is 12.2 Å². The standard InChI is InChI=1S/C32H41ClN2O2/c33-30-16-14-29(15-17-30)32(37)20-24-35(25-21-32)23-9-19-31(18-8-22-34-26-36,28-12-6-3-7-13-28)27-10-4-1-2-5-11-27/h1,3-7,10-16,26,30,37H,2,8-9,17-25H2,(H,34,36). The molecule has 0 bridgehead atoms. The summed E-state index contributed by atoms with van der Waals surface area (Å²) in [7, 11) is 0. The highest BCUT2D eigenvalue weighted by Gasteiger charge is 2.37. The zero-order valence-electron chi connectivity index (χ0n) is 21.8. The fourth-order valence-electron chi connectivity index (χ4n) is 6.05. The van der Waals surface area contributed by atoms with Crippen LogP contribution in [0.4, 0.5) is 0 Å². The topological polar surface area (TPSA) is 52.6 Å². The largest absolute Gasteiger partial charge is 0.385 e. The van der Waals surface area contributed by atoms with Crippen molar-refractivity contribution >= 4 is 18.0 Å². The Balaban J connectivity index is 1.45. The van der Waals surface area contributed by atoms with Crippen LogP contribution in [0.3, 0.4) is 0 Å². The predicted octanol–water partition coefficient (Wildman–Crippen LogP) is 5.99. The van der Waals surface area contributed by atoms with Crippen molar-refractivity contribution in [2.45, 2.75) is 67.8 Å². The highest BCUT2D eigenvalue weighted by Crippen LogP contribution is 2.43. The van der Waals surface area contributed by atoms with Gasteiger partial charge in [-0.3, -0.25) is 4.79 Å². The average molecular weight is 521 g/mol. The summed E-state index contributed by atoms with van der Waals surface area (Å²) in [5.74, 6) is 0. The van der Waals surface area contributed by atoms with Crippen LogP contribution in [-0.2, 0) is 10.2 Å². The van der Waals surface area contributed by atoms with Gasteiger partial charge in [0.05, 0.1) is 11.0 Å². The molecule has 198 valence electrons. The van der Waals surface area contributed by atoms with Crippen LogP contribution in [0.1, 0.15) is 56.9 Å². The Kier molecular flexibility index (Phi) is 10.0. The summed E-state index contributed by atoms with van der Waals surface area (Å²) < 4.78 is 0. The van der Waals surface area contributed by atoms with Gasteiger partial charge in [-0.05, 0) is 74.6 Å². The number of piperidine rings is 1. The third-order valence-electron chi connectivity index (χ3n) is 8.21. The summed E-state index contributed by atoms with van der Waals surface area (Å²) in [6, 6.07) is 10.9. The number of halogens is 1. The Morgan fingerprint density at radius 3 is 2.62 bits per heavy atom. The molecule has 0 radical (unpaired) electrons. The van der Waals surface area contributed by atoms with Crippen LogP contribution >= 0.6 is 11.6 Å². The smallest absolute Gasteiger partial charge is 0.207 e. The number of hydrogen-bond donors (Lipinski definition) is 2. The van der Waals surface area contributed by atoms with Crippen molar-refractivity contribution in [1.29, 1.82) is 0 Å². The maximum absolute atomic E-state index is 11.3. The number of rotatable bonds is 12. The van der Waals surface area contributed by atoms with Crippen LogP contribution in [0, 0.1) is 0 Å². The summed E-state index contributed by atoms with van der Waals surface area (Å²) in [6.07, 6.45) is 25.4. The minimum absolute atomic E-state index is 0.0421. The van der Waals surface area contributed by atoms with Gasteiger partial charge in [-0.1, -0.05) is 78.9 Å². The maximum Gasteiger partial charge on any atom is 0.207 e. The highest BCUT2D eigenvalue weighted by atomic mass is 35.5. The molecule has 1 fully saturated rings. The summed E-state index contributed by atoms with van der Waals surface area (Å²) in [5.41, 5.74) is 2.89. The first-order chi connectivity index (χ1) is 18.1. The molecule has 0 spiro atoms. The van der Waals surface area contributed by atoms with Gasteiger partial charge in [0.15, 0.2) is 0 Å². The molecule has 3 aliphatic rings. The predicted molar refractivity (Wildman–Crippen MR) is 154 cm³/mol. The lowest BCUT2D eigenvalue weighted by Crippen LogP contribution is -2.46. The lowest BCUT2D eigenvalue weighted by molar-refractivity contribution is -0.109. The van der Waals surface area contributed by atoms with Gasteiger partial charge >= 0.3 is 0 Å². The minimum atomic E-state index is -0.730. The lowest BCUT2D eigenvalue weighted by Gasteiger charge is -2.41. The SMILES string of the molecule is O=CNCCCC(CCCN1CCC(O)(C2=CCC(Cl)C=C2)CC1)(C1=CC=CCC=C1)c1ccccc1. The van der Waals surface area contributed by atoms with Crippen molar-refractivity contribution in [1.82, 2.24) is 10.2 Å². The van der Waals surface area contributed by atoms with E-state index in [2.05, 4.69) is 77.0 Å². The van der Waals surface area contributed by atoms with E-state index < -0.39 is 5.60 Å². The number of aliphatic hydroxyl groups is 1. The van der Waals surface area contributed by atoms with Crippen LogP contribution in [0.15, 0.2) is 90.1 Å². The molecule has 1 amide bonds. The van der Waals surface area contributed by atoms with Gasteiger partial charge in [0.1, 0.15) is 0 Å². The maximum atomic E-state index is 11.3. The van der Waals surface area contributed by atoms with E-state index >= 15 is 0 Å². The molecule has 1 aromatic carbocycles. The van der Waals surface area contributed by atoms with Crippen LogP contribution in [0.2, 0.25) is 0 Å². The molecule has 2 aliphatic carbocycles. The van der Waals surface area contributed by atoms with Gasteiger partial charge in [0.2, 0.25) is 6.41 Å². The van der Waals surface area contributed by atoms with Crippen LogP contribution in [-0.4, -0.2) is 53.6 Å². The Morgan fingerprint density at radius 1 is 1.11 bits per heavy atom. The number of amides is 1. The number of alkyl halides is 1. The second-order valence-electron chi connectivity index (χ2n) is 10.6. The first-order valence-corrected chi connectivity index (χ1v) is 14.2. The monoisotopic (exact) mass is 520 g/mol. The number of nitrogens with zero attached hydrogens (tertiary/aromatic N) is 1. The molecule has 0 saturated carbocycles. The van der Waals surface area contributed by atoms with Gasteiger partial charge < -0.3 is 15.3 Å². The number of carbonyl (C=O) groups is 1. The Bertz CT molecular complexity index is 1030. The van der Waals surface area contributed by atoms with Gasteiger partial charge in [-0.2, -0.15) is 0 Å². The van der Waals surface area contributed by atoms with Crippen LogP contribution < -0.4 is 5.32 Å². The molecule has 2 atom stereocenters. The highest BCUT2D eigenvalue weighted by molar-refractivity contribution is 6.22. The third kappa shape index (κ3) is 7.13. The first kappa shape index (κ1) is 27.6. The van der Waals surface area contributed by atoms with Crippen molar-refractivity contribution in [3.8, 4) is 0 Å². The van der Waals surface area contributed by atoms with E-state index in [1.165, 1.54) is 11.1 Å². The molecular weight excluding hydrogens is 480 g/mol. The van der Waals surface area contributed by atoms with E-state index in [9.17, 15) is 9.90 Å². The molecule has 5 heteroatoms. The lowest BCUT2D eigenvalue weighted by atomic mass is 9.67. The number of allylic oxidation sites excluding steroid dienone is 8. The van der Waals surface area contributed by atoms with E-state index in [4.69, 9.17) is 11.6 Å². The Morgan fingerprint density at radius 2 is 1.89 bits per heavy atom. The number of benzene rings is 1. The molecule has 1 aromatic rings. The molecule has 37 heavy (non-hydrogen) atoms. The normalized spacial score (nSPS) is 23.0. The van der Waals surface area contributed by atoms with E-state index in [0.717, 1.165) is 83.0 Å². The summed E-state index contributed by atoms with van der Waals surface area (Å²) in [4.78, 5) is 13.4. The van der Waals surface area contributed by atoms with E-state index in [0.29, 0.717) is 6.54 Å². The van der Waals surface area contributed by atoms with Crippen molar-refractivity contribution in [2.24, 2.45) is 0 Å². The fourth-order valence-corrected chi connectivity index (χ4v) is 6.22. The molecule has 2 N–H and O–H groups in total. The van der Waals surface area contributed by atoms with E-state index in [-0.39, 0.29) is 10.8 Å². The molecule has 0 aromatic heterocycles. The van der Waals surface area contributed by atoms with Crippen LogP contribution in [0.25, 0.3) is 0 Å². The van der Waals surface area contributed by atoms with Gasteiger partial charge in [0, 0.05) is 25.0 Å². The van der Waals surface area contributed by atoms with Gasteiger partial charge in [-0.25, -0.2) is 0 Å². The fraction of sp³-hybridized carbons (Fsp3) is 0.469. The zero-order valence-corrected chi connectivity index (χ0v) is 22.6. The van der Waals surface area contributed by atoms with Crippen LogP contribution in [0.5, 0.6) is 0 Å². The van der Waals surface area contributed by atoms with Crippen molar-refractivity contribution in [3.05, 3.63) is 95.6 Å². The average Bonchev–Trinajstić information content (AvgIpc) is 3.22. The zero-order chi connectivity index (χ0) is 26.0. The number of likely N-dealkylation sites (tertiary alicyclic amines) is 1. The molecule has 1 aliphatic heterocycles. The second-order valence-corrected chi connectivity index (χ2v) is 11.1. The number of carbonyl (C=O) groups excluding carboxylic acids is 1. The molecule has 2 unspecified atom stereocenters. The first-order valence-electron chi connectivity index (χ1n) is 13.8. The molecular formula is C32H41ClN2O2. The van der Waals surface area contributed by atoms with Crippen molar-refractivity contribution < 1.29 is 9.90 Å².